The fourth-order valence-electron chi connectivity index (χ4n) is 4.48. The molecule has 1 unspecified atom stereocenters. The minimum Gasteiger partial charge on any atom is -0.338 e. The van der Waals surface area contributed by atoms with Crippen molar-refractivity contribution in [3.05, 3.63) is 64.0 Å². The third-order valence-electron chi connectivity index (χ3n) is 6.01. The summed E-state index contributed by atoms with van der Waals surface area (Å²) >= 11 is 12.2. The molecular weight excluding hydrogens is 435 g/mol. The monoisotopic (exact) mass is 456 g/mol. The molecule has 1 saturated heterocycles. The summed E-state index contributed by atoms with van der Waals surface area (Å²) in [6, 6.07) is 13.4. The van der Waals surface area contributed by atoms with Gasteiger partial charge in [-0.15, -0.1) is 0 Å². The first-order valence-electron chi connectivity index (χ1n) is 10.5. The van der Waals surface area contributed by atoms with Gasteiger partial charge in [-0.2, -0.15) is 4.98 Å². The summed E-state index contributed by atoms with van der Waals surface area (Å²) in [4.78, 5) is 21.9. The largest absolute Gasteiger partial charge is 0.338 e. The Morgan fingerprint density at radius 3 is 2.90 bits per heavy atom. The first kappa shape index (κ1) is 20.5. The molecule has 0 spiro atoms. The number of rotatable bonds is 4. The Hall–Kier alpha value is -2.41. The number of halogens is 2. The molecule has 2 aliphatic heterocycles. The highest BCUT2D eigenvalue weighted by Crippen LogP contribution is 2.31. The lowest BCUT2D eigenvalue weighted by Gasteiger charge is -2.33. The Kier molecular flexibility index (Phi) is 5.69. The van der Waals surface area contributed by atoms with Gasteiger partial charge in [0.1, 0.15) is 0 Å². The summed E-state index contributed by atoms with van der Waals surface area (Å²) in [7, 11) is 0. The van der Waals surface area contributed by atoms with Gasteiger partial charge in [-0.1, -0.05) is 46.6 Å². The van der Waals surface area contributed by atoms with Crippen molar-refractivity contribution in [1.29, 1.82) is 0 Å². The van der Waals surface area contributed by atoms with Crippen molar-refractivity contribution in [2.45, 2.75) is 25.8 Å². The summed E-state index contributed by atoms with van der Waals surface area (Å²) in [6.07, 6.45) is 2.80. The zero-order valence-electron chi connectivity index (χ0n) is 16.9. The number of carbonyl (C=O) groups excluding carboxylic acids is 1. The number of hydrogen-bond donors (Lipinski definition) is 0. The van der Waals surface area contributed by atoms with Crippen molar-refractivity contribution in [2.75, 3.05) is 24.5 Å². The van der Waals surface area contributed by atoms with E-state index in [9.17, 15) is 4.79 Å². The van der Waals surface area contributed by atoms with Gasteiger partial charge in [-0.05, 0) is 55.6 Å². The summed E-state index contributed by atoms with van der Waals surface area (Å²) in [5.41, 5.74) is 2.99. The van der Waals surface area contributed by atoms with Crippen LogP contribution in [0.1, 0.15) is 24.3 Å². The molecule has 1 aromatic heterocycles. The van der Waals surface area contributed by atoms with Crippen molar-refractivity contribution in [2.24, 2.45) is 5.92 Å². The Morgan fingerprint density at radius 1 is 1.16 bits per heavy atom. The Labute approximate surface area is 190 Å². The van der Waals surface area contributed by atoms with Crippen LogP contribution in [0.5, 0.6) is 0 Å². The van der Waals surface area contributed by atoms with Gasteiger partial charge in [0, 0.05) is 29.4 Å². The molecule has 0 saturated carbocycles. The van der Waals surface area contributed by atoms with Crippen LogP contribution in [0.3, 0.4) is 0 Å². The molecule has 5 rings (SSSR count). The van der Waals surface area contributed by atoms with E-state index in [0.29, 0.717) is 40.4 Å². The Bertz CT molecular complexity index is 1120. The third kappa shape index (κ3) is 4.20. The van der Waals surface area contributed by atoms with Crippen molar-refractivity contribution in [3.8, 4) is 11.4 Å². The number of benzene rings is 2. The maximum Gasteiger partial charge on any atom is 0.241 e. The lowest BCUT2D eigenvalue weighted by atomic mass is 9.96. The molecular formula is C23H22Cl2N4O2. The Balaban J connectivity index is 1.25. The average molecular weight is 457 g/mol. The van der Waals surface area contributed by atoms with Crippen LogP contribution in [0.4, 0.5) is 5.69 Å². The van der Waals surface area contributed by atoms with Gasteiger partial charge in [0.15, 0.2) is 0 Å². The van der Waals surface area contributed by atoms with Crippen molar-refractivity contribution in [3.63, 3.8) is 0 Å². The molecule has 8 heteroatoms. The van der Waals surface area contributed by atoms with Gasteiger partial charge in [0.25, 0.3) is 0 Å². The van der Waals surface area contributed by atoms with Crippen LogP contribution < -0.4 is 4.90 Å². The lowest BCUT2D eigenvalue weighted by molar-refractivity contribution is -0.124. The highest BCUT2D eigenvalue weighted by atomic mass is 35.5. The summed E-state index contributed by atoms with van der Waals surface area (Å²) < 4.78 is 5.46. The van der Waals surface area contributed by atoms with Gasteiger partial charge < -0.3 is 9.42 Å². The molecule has 1 amide bonds. The number of aromatic nitrogens is 2. The van der Waals surface area contributed by atoms with Gasteiger partial charge in [-0.25, -0.2) is 0 Å². The molecule has 6 nitrogen and oxygen atoms in total. The van der Waals surface area contributed by atoms with Crippen LogP contribution in [0.2, 0.25) is 10.0 Å². The number of likely N-dealkylation sites (tertiary alicyclic amines) is 1. The lowest BCUT2D eigenvalue weighted by Crippen LogP contribution is -2.44. The normalized spacial score (nSPS) is 18.9. The van der Waals surface area contributed by atoms with E-state index in [1.807, 2.05) is 23.1 Å². The molecule has 0 aliphatic carbocycles. The minimum absolute atomic E-state index is 0.0204. The number of amides is 1. The van der Waals surface area contributed by atoms with Gasteiger partial charge in [0.2, 0.25) is 17.6 Å². The van der Waals surface area contributed by atoms with Crippen molar-refractivity contribution >= 4 is 34.8 Å². The molecule has 160 valence electrons. The SMILES string of the molecule is O=C(C1CCCN(Cc2nc(-c3ccc(Cl)cc3Cl)no2)C1)N1CCc2ccccc21. The van der Waals surface area contributed by atoms with Crippen LogP contribution in [-0.4, -0.2) is 40.6 Å². The number of anilines is 1. The number of hydrogen-bond acceptors (Lipinski definition) is 5. The van der Waals surface area contributed by atoms with Gasteiger partial charge in [0.05, 0.1) is 17.5 Å². The summed E-state index contributed by atoms with van der Waals surface area (Å²) in [6.45, 7) is 2.87. The molecule has 0 N–H and O–H groups in total. The molecule has 3 aromatic rings. The van der Waals surface area contributed by atoms with E-state index in [2.05, 4.69) is 21.1 Å². The minimum atomic E-state index is -0.0204. The maximum absolute atomic E-state index is 13.2. The van der Waals surface area contributed by atoms with Gasteiger partial charge >= 0.3 is 0 Å². The quantitative estimate of drug-likeness (QED) is 0.561. The van der Waals surface area contributed by atoms with Crippen LogP contribution in [0.15, 0.2) is 47.0 Å². The van der Waals surface area contributed by atoms with Crippen LogP contribution >= 0.6 is 23.2 Å². The topological polar surface area (TPSA) is 62.5 Å². The zero-order valence-corrected chi connectivity index (χ0v) is 18.4. The van der Waals surface area contributed by atoms with E-state index in [1.54, 1.807) is 18.2 Å². The van der Waals surface area contributed by atoms with E-state index in [1.165, 1.54) is 5.56 Å². The molecule has 31 heavy (non-hydrogen) atoms. The molecule has 2 aromatic carbocycles. The fourth-order valence-corrected chi connectivity index (χ4v) is 4.97. The molecule has 1 atom stereocenters. The van der Waals surface area contributed by atoms with E-state index in [4.69, 9.17) is 27.7 Å². The molecule has 1 fully saturated rings. The van der Waals surface area contributed by atoms with Crippen LogP contribution in [0, 0.1) is 5.92 Å². The first-order chi connectivity index (χ1) is 15.1. The number of piperidine rings is 1. The van der Waals surface area contributed by atoms with Gasteiger partial charge in [-0.3, -0.25) is 9.69 Å². The van der Waals surface area contributed by atoms with E-state index in [-0.39, 0.29) is 11.8 Å². The molecule has 2 aliphatic rings. The number of carbonyl (C=O) groups is 1. The standard InChI is InChI=1S/C23H22Cl2N4O2/c24-17-7-8-18(19(25)12-17)22-26-21(31-27-22)14-28-10-3-5-16(13-28)23(30)29-11-9-15-4-1-2-6-20(15)29/h1-2,4,6-8,12,16H,3,5,9-11,13-14H2. The predicted molar refractivity (Wildman–Crippen MR) is 120 cm³/mol. The second-order valence-electron chi connectivity index (χ2n) is 8.08. The maximum atomic E-state index is 13.2. The summed E-state index contributed by atoms with van der Waals surface area (Å²) in [5, 5.41) is 5.11. The highest BCUT2D eigenvalue weighted by Gasteiger charge is 2.33. The molecule has 0 radical (unpaired) electrons. The number of para-hydroxylation sites is 1. The smallest absolute Gasteiger partial charge is 0.241 e. The van der Waals surface area contributed by atoms with E-state index >= 15 is 0 Å². The Morgan fingerprint density at radius 2 is 2.03 bits per heavy atom. The second kappa shape index (κ2) is 8.61. The van der Waals surface area contributed by atoms with Crippen LogP contribution in [-0.2, 0) is 17.8 Å². The second-order valence-corrected chi connectivity index (χ2v) is 8.92. The molecule has 0 bridgehead atoms. The van der Waals surface area contributed by atoms with E-state index < -0.39 is 0 Å². The average Bonchev–Trinajstić information content (AvgIpc) is 3.40. The van der Waals surface area contributed by atoms with Crippen molar-refractivity contribution in [1.82, 2.24) is 15.0 Å². The number of nitrogens with zero attached hydrogens (tertiary/aromatic N) is 4. The number of fused-ring (bicyclic) bond motifs is 1. The van der Waals surface area contributed by atoms with E-state index in [0.717, 1.165) is 38.0 Å². The molecule has 3 heterocycles. The fraction of sp³-hybridized carbons (Fsp3) is 0.348. The zero-order chi connectivity index (χ0) is 21.4. The first-order valence-corrected chi connectivity index (χ1v) is 11.2. The predicted octanol–water partition coefficient (Wildman–Crippen LogP) is 4.84. The highest BCUT2D eigenvalue weighted by molar-refractivity contribution is 6.36. The third-order valence-corrected chi connectivity index (χ3v) is 6.55. The van der Waals surface area contributed by atoms with Crippen molar-refractivity contribution < 1.29 is 9.32 Å². The summed E-state index contributed by atoms with van der Waals surface area (Å²) in [5.74, 6) is 1.15. The van der Waals surface area contributed by atoms with Crippen LogP contribution in [0.25, 0.3) is 11.4 Å².